The van der Waals surface area contributed by atoms with Crippen molar-refractivity contribution in [3.63, 3.8) is 0 Å². The molecule has 32 heavy (non-hydrogen) atoms. The highest BCUT2D eigenvalue weighted by Crippen LogP contribution is 2.24. The number of ketones is 1. The number of carbonyl (C=O) groups excluding carboxylic acids is 2. The molecule has 4 rings (SSSR count). The van der Waals surface area contributed by atoms with Gasteiger partial charge in [-0.25, -0.2) is 4.79 Å². The van der Waals surface area contributed by atoms with E-state index in [1.807, 2.05) is 30.3 Å². The lowest BCUT2D eigenvalue weighted by Gasteiger charge is -2.31. The molecule has 2 N–H and O–H groups in total. The van der Waals surface area contributed by atoms with Crippen molar-refractivity contribution in [3.8, 4) is 5.75 Å². The molecule has 1 aliphatic rings. The third kappa shape index (κ3) is 5.37. The second-order valence-corrected chi connectivity index (χ2v) is 7.69. The number of rotatable bonds is 5. The number of hydrogen-bond donors (Lipinski definition) is 2. The van der Waals surface area contributed by atoms with Crippen molar-refractivity contribution >= 4 is 28.9 Å². The van der Waals surface area contributed by atoms with E-state index in [1.54, 1.807) is 41.3 Å². The number of benzene rings is 3. The molecule has 0 bridgehead atoms. The zero-order valence-electron chi connectivity index (χ0n) is 17.5. The van der Waals surface area contributed by atoms with Gasteiger partial charge in [0.25, 0.3) is 0 Å². The van der Waals surface area contributed by atoms with Crippen LogP contribution < -0.4 is 5.32 Å². The van der Waals surface area contributed by atoms with E-state index in [9.17, 15) is 14.7 Å². The summed E-state index contributed by atoms with van der Waals surface area (Å²) in [6, 6.07) is 22.8. The Labute approximate surface area is 186 Å². The Morgan fingerprint density at radius 1 is 0.812 bits per heavy atom. The predicted octanol–water partition coefficient (Wildman–Crippen LogP) is 5.93. The van der Waals surface area contributed by atoms with Crippen molar-refractivity contribution < 1.29 is 14.7 Å². The summed E-state index contributed by atoms with van der Waals surface area (Å²) < 4.78 is 0. The van der Waals surface area contributed by atoms with E-state index >= 15 is 0 Å². The molecule has 0 atom stereocenters. The minimum atomic E-state index is -0.181. The lowest BCUT2D eigenvalue weighted by atomic mass is 9.89. The second-order valence-electron chi connectivity index (χ2n) is 7.69. The maximum absolute atomic E-state index is 12.6. The van der Waals surface area contributed by atoms with Gasteiger partial charge >= 0.3 is 6.03 Å². The molecular weight excluding hydrogens is 404 g/mol. The van der Waals surface area contributed by atoms with Crippen LogP contribution >= 0.6 is 0 Å². The molecular formula is C25H24N4O3. The molecule has 0 spiro atoms. The third-order valence-corrected chi connectivity index (χ3v) is 5.46. The summed E-state index contributed by atoms with van der Waals surface area (Å²) in [5.41, 5.74) is 2.74. The average Bonchev–Trinajstić information content (AvgIpc) is 2.84. The number of piperidine rings is 1. The summed E-state index contributed by atoms with van der Waals surface area (Å²) in [6.07, 6.45) is 1.23. The van der Waals surface area contributed by atoms with Crippen LogP contribution in [-0.2, 0) is 0 Å². The number of phenolic OH excluding ortho intramolecular Hbond substituents is 1. The van der Waals surface area contributed by atoms with E-state index in [0.717, 1.165) is 5.69 Å². The van der Waals surface area contributed by atoms with Crippen LogP contribution in [0.2, 0.25) is 0 Å². The van der Waals surface area contributed by atoms with Crippen molar-refractivity contribution in [1.82, 2.24) is 4.90 Å². The quantitative estimate of drug-likeness (QED) is 0.389. The maximum atomic E-state index is 12.6. The van der Waals surface area contributed by atoms with Gasteiger partial charge in [0.2, 0.25) is 0 Å². The van der Waals surface area contributed by atoms with E-state index in [-0.39, 0.29) is 23.5 Å². The number of anilines is 1. The maximum Gasteiger partial charge on any atom is 0.321 e. The fraction of sp³-hybridized carbons (Fsp3) is 0.200. The standard InChI is InChI=1S/C25H24N4O3/c30-23-12-6-18(7-13-23)24(31)19-14-16-29(17-15-19)25(32)26-20-8-10-22(11-9-20)28-27-21-4-2-1-3-5-21/h1-13,19,30H,14-17H2,(H,26,32). The highest BCUT2D eigenvalue weighted by Gasteiger charge is 2.28. The highest BCUT2D eigenvalue weighted by molar-refractivity contribution is 5.98. The van der Waals surface area contributed by atoms with Crippen LogP contribution in [0.4, 0.5) is 21.9 Å². The molecule has 1 fully saturated rings. The molecule has 3 aromatic rings. The molecule has 7 heteroatoms. The van der Waals surface area contributed by atoms with E-state index in [4.69, 9.17) is 0 Å². The molecule has 0 radical (unpaired) electrons. The molecule has 0 aliphatic carbocycles. The summed E-state index contributed by atoms with van der Waals surface area (Å²) >= 11 is 0. The Bertz CT molecular complexity index is 1090. The lowest BCUT2D eigenvalue weighted by molar-refractivity contribution is 0.0859. The first kappa shape index (κ1) is 21.2. The number of nitrogens with one attached hydrogen (secondary N) is 1. The van der Waals surface area contributed by atoms with Crippen LogP contribution in [0.25, 0.3) is 0 Å². The monoisotopic (exact) mass is 428 g/mol. The van der Waals surface area contributed by atoms with Gasteiger partial charge in [0.1, 0.15) is 5.75 Å². The fourth-order valence-electron chi connectivity index (χ4n) is 3.63. The Hall–Kier alpha value is -4.00. The van der Waals surface area contributed by atoms with Gasteiger partial charge in [0.15, 0.2) is 5.78 Å². The zero-order valence-corrected chi connectivity index (χ0v) is 17.5. The molecule has 0 unspecified atom stereocenters. The normalized spacial score (nSPS) is 14.4. The summed E-state index contributed by atoms with van der Waals surface area (Å²) in [7, 11) is 0. The number of likely N-dealkylation sites (tertiary alicyclic amines) is 1. The number of urea groups is 1. The molecule has 3 aromatic carbocycles. The zero-order chi connectivity index (χ0) is 22.3. The average molecular weight is 428 g/mol. The molecule has 1 aliphatic heterocycles. The number of nitrogens with zero attached hydrogens (tertiary/aromatic N) is 3. The minimum Gasteiger partial charge on any atom is -0.508 e. The van der Waals surface area contributed by atoms with Crippen LogP contribution in [0.1, 0.15) is 23.2 Å². The number of Topliss-reactive ketones (excluding diaryl/α,β-unsaturated/α-hetero) is 1. The van der Waals surface area contributed by atoms with Gasteiger partial charge in [-0.3, -0.25) is 4.79 Å². The van der Waals surface area contributed by atoms with E-state index in [1.165, 1.54) is 12.1 Å². The molecule has 1 saturated heterocycles. The molecule has 1 heterocycles. The molecule has 162 valence electrons. The number of amides is 2. The van der Waals surface area contributed by atoms with Crippen molar-refractivity contribution in [2.45, 2.75) is 12.8 Å². The first-order valence-corrected chi connectivity index (χ1v) is 10.5. The summed E-state index contributed by atoms with van der Waals surface area (Å²) in [5, 5.41) is 20.7. The van der Waals surface area contributed by atoms with E-state index in [0.29, 0.717) is 42.9 Å². The molecule has 0 aromatic heterocycles. The van der Waals surface area contributed by atoms with Crippen LogP contribution in [0.3, 0.4) is 0 Å². The largest absolute Gasteiger partial charge is 0.508 e. The van der Waals surface area contributed by atoms with Gasteiger partial charge in [-0.05, 0) is 73.5 Å². The lowest BCUT2D eigenvalue weighted by Crippen LogP contribution is -2.42. The second kappa shape index (κ2) is 9.87. The summed E-state index contributed by atoms with van der Waals surface area (Å²) in [4.78, 5) is 27.0. The fourth-order valence-corrected chi connectivity index (χ4v) is 3.63. The smallest absolute Gasteiger partial charge is 0.321 e. The first-order valence-electron chi connectivity index (χ1n) is 10.5. The van der Waals surface area contributed by atoms with Crippen molar-refractivity contribution in [3.05, 3.63) is 84.4 Å². The highest BCUT2D eigenvalue weighted by atomic mass is 16.3. The van der Waals surface area contributed by atoms with Crippen LogP contribution in [0.15, 0.2) is 89.1 Å². The number of azo groups is 1. The van der Waals surface area contributed by atoms with Gasteiger partial charge in [-0.2, -0.15) is 10.2 Å². The summed E-state index contributed by atoms with van der Waals surface area (Å²) in [5.74, 6) is 0.0866. The van der Waals surface area contributed by atoms with Crippen molar-refractivity contribution in [2.24, 2.45) is 16.1 Å². The Kier molecular flexibility index (Phi) is 6.55. The third-order valence-electron chi connectivity index (χ3n) is 5.46. The van der Waals surface area contributed by atoms with Gasteiger partial charge in [0, 0.05) is 30.3 Å². The SMILES string of the molecule is O=C(c1ccc(O)cc1)C1CCN(C(=O)Nc2ccc(N=Nc3ccccc3)cc2)CC1. The van der Waals surface area contributed by atoms with Crippen LogP contribution in [-0.4, -0.2) is 34.9 Å². The number of hydrogen-bond acceptors (Lipinski definition) is 5. The Morgan fingerprint density at radius 2 is 1.41 bits per heavy atom. The molecule has 7 nitrogen and oxygen atoms in total. The number of carbonyl (C=O) groups is 2. The Morgan fingerprint density at radius 3 is 2.03 bits per heavy atom. The number of aromatic hydroxyl groups is 1. The Balaban J connectivity index is 1.28. The van der Waals surface area contributed by atoms with Gasteiger partial charge < -0.3 is 15.3 Å². The van der Waals surface area contributed by atoms with Crippen LogP contribution in [0.5, 0.6) is 5.75 Å². The van der Waals surface area contributed by atoms with Crippen molar-refractivity contribution in [1.29, 1.82) is 0 Å². The van der Waals surface area contributed by atoms with Gasteiger partial charge in [-0.15, -0.1) is 0 Å². The summed E-state index contributed by atoms with van der Waals surface area (Å²) in [6.45, 7) is 1.04. The topological polar surface area (TPSA) is 94.4 Å². The van der Waals surface area contributed by atoms with Gasteiger partial charge in [0.05, 0.1) is 11.4 Å². The minimum absolute atomic E-state index is 0.0605. The van der Waals surface area contributed by atoms with Gasteiger partial charge in [-0.1, -0.05) is 18.2 Å². The van der Waals surface area contributed by atoms with Crippen molar-refractivity contribution in [2.75, 3.05) is 18.4 Å². The number of phenols is 1. The van der Waals surface area contributed by atoms with E-state index in [2.05, 4.69) is 15.5 Å². The predicted molar refractivity (Wildman–Crippen MR) is 123 cm³/mol. The molecule has 0 saturated carbocycles. The van der Waals surface area contributed by atoms with E-state index < -0.39 is 0 Å². The molecule has 2 amide bonds. The van der Waals surface area contributed by atoms with Crippen LogP contribution in [0, 0.1) is 5.92 Å². The first-order chi connectivity index (χ1) is 15.6.